The third kappa shape index (κ3) is 4.34. The number of halogens is 2. The minimum Gasteiger partial charge on any atom is -0.495 e. The van der Waals surface area contributed by atoms with Crippen molar-refractivity contribution in [3.8, 4) is 5.75 Å². The van der Waals surface area contributed by atoms with Crippen molar-refractivity contribution in [1.29, 1.82) is 0 Å². The number of nitrogens with one attached hydrogen (secondary N) is 1. The second-order valence-corrected chi connectivity index (χ2v) is 6.91. The summed E-state index contributed by atoms with van der Waals surface area (Å²) in [5, 5.41) is 3.06. The van der Waals surface area contributed by atoms with Crippen molar-refractivity contribution in [1.82, 2.24) is 5.32 Å². The number of amides is 1. The van der Waals surface area contributed by atoms with Crippen LogP contribution in [0.5, 0.6) is 5.75 Å². The molecule has 1 aliphatic carbocycles. The van der Waals surface area contributed by atoms with Crippen molar-refractivity contribution in [3.05, 3.63) is 14.7 Å². The van der Waals surface area contributed by atoms with E-state index in [4.69, 9.17) is 10.5 Å². The van der Waals surface area contributed by atoms with Crippen molar-refractivity contribution in [2.45, 2.75) is 37.8 Å². The summed E-state index contributed by atoms with van der Waals surface area (Å²) in [6.07, 6.45) is 3.91. The van der Waals surface area contributed by atoms with Gasteiger partial charge < -0.3 is 15.8 Å². The van der Waals surface area contributed by atoms with Crippen LogP contribution in [-0.2, 0) is 0 Å². The number of methoxy groups -OCH3 is 1. The van der Waals surface area contributed by atoms with E-state index >= 15 is 0 Å². The van der Waals surface area contributed by atoms with E-state index in [0.29, 0.717) is 16.7 Å². The van der Waals surface area contributed by atoms with E-state index in [-0.39, 0.29) is 24.4 Å². The number of ether oxygens (including phenoxy) is 1. The quantitative estimate of drug-likeness (QED) is 0.861. The molecule has 0 aliphatic heterocycles. The van der Waals surface area contributed by atoms with Gasteiger partial charge in [0.15, 0.2) is 0 Å². The highest BCUT2D eigenvalue weighted by Gasteiger charge is 2.22. The Hall–Kier alpha value is -0.300. The van der Waals surface area contributed by atoms with Gasteiger partial charge >= 0.3 is 0 Å². The van der Waals surface area contributed by atoms with E-state index < -0.39 is 0 Å². The highest BCUT2D eigenvalue weighted by atomic mass is 79.9. The zero-order valence-corrected chi connectivity index (χ0v) is 13.9. The predicted molar refractivity (Wildman–Crippen MR) is 83.5 cm³/mol. The van der Waals surface area contributed by atoms with Crippen LogP contribution in [0.1, 0.15) is 35.4 Å². The number of hydrogen-bond donors (Lipinski definition) is 2. The van der Waals surface area contributed by atoms with Crippen molar-refractivity contribution >= 4 is 45.6 Å². The lowest BCUT2D eigenvalue weighted by Gasteiger charge is -2.26. The molecule has 0 aromatic carbocycles. The van der Waals surface area contributed by atoms with Gasteiger partial charge in [0.05, 0.1) is 12.0 Å². The molecule has 1 saturated carbocycles. The fourth-order valence-corrected chi connectivity index (χ4v) is 3.68. The summed E-state index contributed by atoms with van der Waals surface area (Å²) in [5.41, 5.74) is 5.85. The molecule has 0 saturated heterocycles. The Labute approximate surface area is 131 Å². The smallest absolute Gasteiger partial charge is 0.261 e. The molecule has 0 radical (unpaired) electrons. The van der Waals surface area contributed by atoms with E-state index in [1.807, 2.05) is 0 Å². The maximum Gasteiger partial charge on any atom is 0.261 e. The van der Waals surface area contributed by atoms with Crippen LogP contribution >= 0.6 is 39.7 Å². The van der Waals surface area contributed by atoms with Crippen LogP contribution in [-0.4, -0.2) is 25.1 Å². The summed E-state index contributed by atoms with van der Waals surface area (Å²) in [6, 6.07) is 2.32. The molecule has 1 aromatic heterocycles. The molecular formula is C12H18BrClN2O2S. The monoisotopic (exact) mass is 368 g/mol. The summed E-state index contributed by atoms with van der Waals surface area (Å²) in [6.45, 7) is 0. The average molecular weight is 370 g/mol. The fraction of sp³-hybridized carbons (Fsp3) is 0.583. The van der Waals surface area contributed by atoms with E-state index in [9.17, 15) is 4.79 Å². The minimum atomic E-state index is -0.0236. The lowest BCUT2D eigenvalue weighted by Crippen LogP contribution is -2.40. The normalized spacial score (nSPS) is 22.5. The van der Waals surface area contributed by atoms with Gasteiger partial charge in [-0.3, -0.25) is 4.79 Å². The first-order valence-electron chi connectivity index (χ1n) is 6.00. The van der Waals surface area contributed by atoms with Gasteiger partial charge in [-0.1, -0.05) is 0 Å². The van der Waals surface area contributed by atoms with E-state index in [0.717, 1.165) is 29.5 Å². The van der Waals surface area contributed by atoms with Gasteiger partial charge in [0.2, 0.25) is 0 Å². The molecule has 1 heterocycles. The van der Waals surface area contributed by atoms with Gasteiger partial charge in [0.1, 0.15) is 9.54 Å². The molecule has 0 spiro atoms. The third-order valence-electron chi connectivity index (χ3n) is 3.21. The van der Waals surface area contributed by atoms with Gasteiger partial charge in [-0.05, 0) is 41.6 Å². The van der Waals surface area contributed by atoms with Gasteiger partial charge in [0.25, 0.3) is 5.91 Å². The standard InChI is InChI=1S/C12H17BrN2O2S.ClH/c1-17-9-6-10(18-11(9)13)12(16)15-8-4-2-7(14)3-5-8;/h6-8H,2-5,14H2,1H3,(H,15,16);1H. The third-order valence-corrected chi connectivity index (χ3v) is 4.99. The second kappa shape index (κ2) is 7.47. The van der Waals surface area contributed by atoms with E-state index in [1.54, 1.807) is 13.2 Å². The van der Waals surface area contributed by atoms with Crippen molar-refractivity contribution < 1.29 is 9.53 Å². The van der Waals surface area contributed by atoms with Gasteiger partial charge in [-0.15, -0.1) is 23.7 Å². The van der Waals surface area contributed by atoms with Crippen LogP contribution in [0.3, 0.4) is 0 Å². The van der Waals surface area contributed by atoms with Crippen LogP contribution < -0.4 is 15.8 Å². The molecule has 4 nitrogen and oxygen atoms in total. The van der Waals surface area contributed by atoms with Crippen molar-refractivity contribution in [2.75, 3.05) is 7.11 Å². The van der Waals surface area contributed by atoms with Gasteiger partial charge in [-0.25, -0.2) is 0 Å². The number of thiophene rings is 1. The number of carbonyl (C=O) groups is 1. The fourth-order valence-electron chi connectivity index (χ4n) is 2.12. The Morgan fingerprint density at radius 3 is 2.63 bits per heavy atom. The Morgan fingerprint density at radius 2 is 2.11 bits per heavy atom. The first-order chi connectivity index (χ1) is 8.60. The number of nitrogens with two attached hydrogens (primary N) is 1. The molecule has 2 rings (SSSR count). The van der Waals surface area contributed by atoms with Crippen LogP contribution in [0.2, 0.25) is 0 Å². The largest absolute Gasteiger partial charge is 0.495 e. The summed E-state index contributed by atoms with van der Waals surface area (Å²) >= 11 is 4.77. The highest BCUT2D eigenvalue weighted by Crippen LogP contribution is 2.34. The van der Waals surface area contributed by atoms with E-state index in [2.05, 4.69) is 21.2 Å². The maximum absolute atomic E-state index is 12.1. The highest BCUT2D eigenvalue weighted by molar-refractivity contribution is 9.11. The zero-order chi connectivity index (χ0) is 13.1. The first-order valence-corrected chi connectivity index (χ1v) is 7.61. The van der Waals surface area contributed by atoms with Crippen LogP contribution in [0.25, 0.3) is 0 Å². The lowest BCUT2D eigenvalue weighted by molar-refractivity contribution is 0.0930. The molecule has 0 unspecified atom stereocenters. The molecule has 7 heteroatoms. The topological polar surface area (TPSA) is 64.3 Å². The summed E-state index contributed by atoms with van der Waals surface area (Å²) in [4.78, 5) is 12.7. The summed E-state index contributed by atoms with van der Waals surface area (Å²) < 4.78 is 5.99. The van der Waals surface area contributed by atoms with Gasteiger partial charge in [-0.2, -0.15) is 0 Å². The van der Waals surface area contributed by atoms with Crippen molar-refractivity contribution in [2.24, 2.45) is 5.73 Å². The Kier molecular flexibility index (Phi) is 6.59. The summed E-state index contributed by atoms with van der Waals surface area (Å²) in [7, 11) is 1.59. The number of hydrogen-bond acceptors (Lipinski definition) is 4. The average Bonchev–Trinajstić information content (AvgIpc) is 2.73. The molecule has 108 valence electrons. The molecule has 1 aliphatic rings. The molecule has 1 fully saturated rings. The van der Waals surface area contributed by atoms with E-state index in [1.165, 1.54) is 11.3 Å². The number of rotatable bonds is 3. The molecule has 0 bridgehead atoms. The molecule has 1 amide bonds. The Bertz CT molecular complexity index is 433. The maximum atomic E-state index is 12.1. The predicted octanol–water partition coefficient (Wildman–Crippen LogP) is 2.94. The minimum absolute atomic E-state index is 0. The van der Waals surface area contributed by atoms with Crippen LogP contribution in [0.4, 0.5) is 0 Å². The molecular weight excluding hydrogens is 352 g/mol. The second-order valence-electron chi connectivity index (χ2n) is 4.54. The number of carbonyl (C=O) groups excluding carboxylic acids is 1. The first kappa shape index (κ1) is 16.8. The lowest BCUT2D eigenvalue weighted by atomic mass is 9.92. The molecule has 0 atom stereocenters. The molecule has 19 heavy (non-hydrogen) atoms. The van der Waals surface area contributed by atoms with Crippen molar-refractivity contribution in [3.63, 3.8) is 0 Å². The zero-order valence-electron chi connectivity index (χ0n) is 10.6. The van der Waals surface area contributed by atoms with Gasteiger partial charge in [0, 0.05) is 18.2 Å². The molecule has 1 aromatic rings. The Balaban J connectivity index is 0.00000180. The van der Waals surface area contributed by atoms with Crippen LogP contribution in [0, 0.1) is 0 Å². The SMILES string of the molecule is COc1cc(C(=O)NC2CCC(N)CC2)sc1Br.Cl. The molecule has 3 N–H and O–H groups in total. The van der Waals surface area contributed by atoms with Crippen LogP contribution in [0.15, 0.2) is 9.85 Å². The Morgan fingerprint density at radius 1 is 1.47 bits per heavy atom. The summed E-state index contributed by atoms with van der Waals surface area (Å²) in [5.74, 6) is 0.681.